The van der Waals surface area contributed by atoms with Crippen molar-refractivity contribution in [1.82, 2.24) is 0 Å². The number of hydrogen-bond donors (Lipinski definition) is 2. The van der Waals surface area contributed by atoms with Crippen molar-refractivity contribution in [2.45, 2.75) is 50.4 Å². The SMILES string of the molecule is C[C@]1(O)CCC[C@@H](N=O)[C@@]1(C)O. The summed E-state index contributed by atoms with van der Waals surface area (Å²) in [6.45, 7) is 3.02. The van der Waals surface area contributed by atoms with Gasteiger partial charge >= 0.3 is 0 Å². The maximum Gasteiger partial charge on any atom is 0.123 e. The van der Waals surface area contributed by atoms with E-state index in [4.69, 9.17) is 0 Å². The first-order valence-corrected chi connectivity index (χ1v) is 4.19. The van der Waals surface area contributed by atoms with E-state index in [1.807, 2.05) is 0 Å². The van der Waals surface area contributed by atoms with Gasteiger partial charge in [0, 0.05) is 0 Å². The summed E-state index contributed by atoms with van der Waals surface area (Å²) in [6, 6.07) is -0.679. The lowest BCUT2D eigenvalue weighted by Crippen LogP contribution is -2.59. The number of nitroso groups, excluding NO2 is 1. The molecule has 0 aromatic heterocycles. The van der Waals surface area contributed by atoms with Crippen LogP contribution in [0.1, 0.15) is 33.1 Å². The predicted molar refractivity (Wildman–Crippen MR) is 44.7 cm³/mol. The van der Waals surface area contributed by atoms with E-state index >= 15 is 0 Å². The van der Waals surface area contributed by atoms with Crippen LogP contribution in [0, 0.1) is 4.91 Å². The molecule has 1 aliphatic rings. The highest BCUT2D eigenvalue weighted by Crippen LogP contribution is 2.38. The van der Waals surface area contributed by atoms with E-state index in [2.05, 4.69) is 5.18 Å². The van der Waals surface area contributed by atoms with Gasteiger partial charge in [-0.3, -0.25) is 0 Å². The molecule has 1 aliphatic carbocycles. The van der Waals surface area contributed by atoms with Gasteiger partial charge in [-0.2, -0.15) is 4.91 Å². The number of nitrogens with zero attached hydrogens (tertiary/aromatic N) is 1. The van der Waals surface area contributed by atoms with E-state index in [-0.39, 0.29) is 0 Å². The molecule has 4 heteroatoms. The number of aliphatic hydroxyl groups is 2. The lowest BCUT2D eigenvalue weighted by Gasteiger charge is -2.44. The van der Waals surface area contributed by atoms with E-state index in [0.717, 1.165) is 6.42 Å². The van der Waals surface area contributed by atoms with Crippen molar-refractivity contribution in [3.8, 4) is 0 Å². The molecule has 0 heterocycles. The summed E-state index contributed by atoms with van der Waals surface area (Å²) < 4.78 is 0. The van der Waals surface area contributed by atoms with Crippen LogP contribution in [0.3, 0.4) is 0 Å². The normalized spacial score (nSPS) is 48.8. The van der Waals surface area contributed by atoms with Gasteiger partial charge in [-0.25, -0.2) is 0 Å². The highest BCUT2D eigenvalue weighted by Gasteiger charge is 2.50. The van der Waals surface area contributed by atoms with Crippen molar-refractivity contribution in [1.29, 1.82) is 0 Å². The van der Waals surface area contributed by atoms with Gasteiger partial charge in [0.05, 0.1) is 5.60 Å². The topological polar surface area (TPSA) is 69.9 Å². The zero-order chi connectivity index (χ0) is 9.41. The van der Waals surface area contributed by atoms with Crippen LogP contribution in [0.5, 0.6) is 0 Å². The maximum absolute atomic E-state index is 10.3. The highest BCUT2D eigenvalue weighted by atomic mass is 16.4. The third kappa shape index (κ3) is 1.25. The average Bonchev–Trinajstić information content (AvgIpc) is 1.95. The molecule has 0 saturated heterocycles. The molecule has 2 N–H and O–H groups in total. The molecule has 0 bridgehead atoms. The Morgan fingerprint density at radius 1 is 1.42 bits per heavy atom. The van der Waals surface area contributed by atoms with Crippen LogP contribution >= 0.6 is 0 Å². The molecular formula is C8H15NO3. The predicted octanol–water partition coefficient (Wildman–Crippen LogP) is 0.807. The Kier molecular flexibility index (Phi) is 2.23. The van der Waals surface area contributed by atoms with Gasteiger partial charge in [0.2, 0.25) is 0 Å². The zero-order valence-corrected chi connectivity index (χ0v) is 7.45. The molecule has 1 rings (SSSR count). The fraction of sp³-hybridized carbons (Fsp3) is 1.00. The van der Waals surface area contributed by atoms with Gasteiger partial charge < -0.3 is 10.2 Å². The van der Waals surface area contributed by atoms with Crippen LogP contribution in [0.2, 0.25) is 0 Å². The Balaban J connectivity index is 2.89. The van der Waals surface area contributed by atoms with Gasteiger partial charge in [0.1, 0.15) is 11.6 Å². The van der Waals surface area contributed by atoms with Gasteiger partial charge in [-0.05, 0) is 33.1 Å². The zero-order valence-electron chi connectivity index (χ0n) is 7.45. The van der Waals surface area contributed by atoms with Crippen LogP contribution in [0.15, 0.2) is 5.18 Å². The molecule has 3 atom stereocenters. The summed E-state index contributed by atoms with van der Waals surface area (Å²) in [6.07, 6.45) is 1.82. The molecule has 4 nitrogen and oxygen atoms in total. The van der Waals surface area contributed by atoms with E-state index < -0.39 is 17.2 Å². The van der Waals surface area contributed by atoms with Gasteiger partial charge in [-0.15, -0.1) is 0 Å². The lowest BCUT2D eigenvalue weighted by atomic mass is 9.71. The van der Waals surface area contributed by atoms with Crippen LogP contribution in [0.4, 0.5) is 0 Å². The molecule has 0 amide bonds. The Bertz CT molecular complexity index is 189. The smallest absolute Gasteiger partial charge is 0.123 e. The molecule has 12 heavy (non-hydrogen) atoms. The quantitative estimate of drug-likeness (QED) is 0.576. The molecule has 1 saturated carbocycles. The van der Waals surface area contributed by atoms with E-state index in [9.17, 15) is 15.1 Å². The van der Waals surface area contributed by atoms with Crippen molar-refractivity contribution in [3.05, 3.63) is 4.91 Å². The molecule has 0 aliphatic heterocycles. The van der Waals surface area contributed by atoms with E-state index in [0.29, 0.717) is 12.8 Å². The molecule has 1 fully saturated rings. The minimum atomic E-state index is -1.38. The van der Waals surface area contributed by atoms with Gasteiger partial charge in [-0.1, -0.05) is 5.18 Å². The first-order valence-electron chi connectivity index (χ1n) is 4.19. The maximum atomic E-state index is 10.3. The highest BCUT2D eigenvalue weighted by molar-refractivity contribution is 5.04. The Hall–Kier alpha value is -0.480. The molecule has 0 aromatic rings. The summed E-state index contributed by atoms with van der Waals surface area (Å²) in [4.78, 5) is 10.3. The van der Waals surface area contributed by atoms with Crippen molar-refractivity contribution in [3.63, 3.8) is 0 Å². The molecule has 0 radical (unpaired) electrons. The monoisotopic (exact) mass is 173 g/mol. The third-order valence-corrected chi connectivity index (χ3v) is 3.01. The standard InChI is InChI=1S/C8H15NO3/c1-7(10)5-3-4-6(9-12)8(7,2)11/h6,10-11H,3-5H2,1-2H3/t6-,7+,8-/m1/s1. The summed E-state index contributed by atoms with van der Waals surface area (Å²) in [5.41, 5.74) is -2.57. The molecule has 0 aromatic carbocycles. The molecule has 70 valence electrons. The molecule has 0 spiro atoms. The Labute approximate surface area is 71.6 Å². The number of rotatable bonds is 1. The van der Waals surface area contributed by atoms with Crippen LogP contribution in [-0.2, 0) is 0 Å². The fourth-order valence-electron chi connectivity index (χ4n) is 1.69. The van der Waals surface area contributed by atoms with Crippen LogP contribution < -0.4 is 0 Å². The first kappa shape index (κ1) is 9.61. The lowest BCUT2D eigenvalue weighted by molar-refractivity contribution is -0.163. The first-order chi connectivity index (χ1) is 5.42. The van der Waals surface area contributed by atoms with Crippen molar-refractivity contribution in [2.75, 3.05) is 0 Å². The molecular weight excluding hydrogens is 158 g/mol. The minimum Gasteiger partial charge on any atom is -0.387 e. The Morgan fingerprint density at radius 2 is 2.00 bits per heavy atom. The second-order valence-corrected chi connectivity index (χ2v) is 3.93. The van der Waals surface area contributed by atoms with Crippen molar-refractivity contribution < 1.29 is 10.2 Å². The van der Waals surface area contributed by atoms with E-state index in [1.54, 1.807) is 6.92 Å². The molecule has 0 unspecified atom stereocenters. The minimum absolute atomic E-state index is 0.520. The summed E-state index contributed by atoms with van der Waals surface area (Å²) >= 11 is 0. The average molecular weight is 173 g/mol. The second-order valence-electron chi connectivity index (χ2n) is 3.93. The summed E-state index contributed by atoms with van der Waals surface area (Å²) in [7, 11) is 0. The number of hydrogen-bond acceptors (Lipinski definition) is 4. The summed E-state index contributed by atoms with van der Waals surface area (Å²) in [5, 5.41) is 22.4. The van der Waals surface area contributed by atoms with Crippen molar-refractivity contribution >= 4 is 0 Å². The van der Waals surface area contributed by atoms with E-state index in [1.165, 1.54) is 6.92 Å². The van der Waals surface area contributed by atoms with Crippen LogP contribution in [0.25, 0.3) is 0 Å². The summed E-state index contributed by atoms with van der Waals surface area (Å²) in [5.74, 6) is 0. The second kappa shape index (κ2) is 2.78. The third-order valence-electron chi connectivity index (χ3n) is 3.01. The van der Waals surface area contributed by atoms with Crippen molar-refractivity contribution in [2.24, 2.45) is 5.18 Å². The largest absolute Gasteiger partial charge is 0.387 e. The fourth-order valence-corrected chi connectivity index (χ4v) is 1.69. The van der Waals surface area contributed by atoms with Gasteiger partial charge in [0.25, 0.3) is 0 Å². The van der Waals surface area contributed by atoms with Crippen LogP contribution in [-0.4, -0.2) is 27.5 Å². The van der Waals surface area contributed by atoms with Gasteiger partial charge in [0.15, 0.2) is 0 Å². The Morgan fingerprint density at radius 3 is 2.42 bits per heavy atom.